The van der Waals surface area contributed by atoms with Gasteiger partial charge in [0.1, 0.15) is 11.5 Å². The molecule has 0 saturated carbocycles. The van der Waals surface area contributed by atoms with E-state index in [1.807, 2.05) is 66.1 Å². The first kappa shape index (κ1) is 19.6. The Morgan fingerprint density at radius 1 is 1.07 bits per heavy atom. The van der Waals surface area contributed by atoms with Gasteiger partial charge in [0, 0.05) is 23.7 Å². The monoisotopic (exact) mass is 385 g/mol. The molecule has 0 N–H and O–H groups in total. The fourth-order valence-electron chi connectivity index (χ4n) is 3.22. The quantitative estimate of drug-likeness (QED) is 0.658. The molecule has 144 valence electrons. The van der Waals surface area contributed by atoms with Gasteiger partial charge in [0.2, 0.25) is 0 Å². The summed E-state index contributed by atoms with van der Waals surface area (Å²) in [4.78, 5) is 15.8. The average Bonchev–Trinajstić information content (AvgIpc) is 2.73. The van der Waals surface area contributed by atoms with Crippen molar-refractivity contribution in [2.75, 3.05) is 26.0 Å². The number of thioether (sulfide) groups is 1. The van der Waals surface area contributed by atoms with Crippen LogP contribution >= 0.6 is 11.8 Å². The van der Waals surface area contributed by atoms with E-state index in [1.54, 1.807) is 7.11 Å². The Labute approximate surface area is 165 Å². The van der Waals surface area contributed by atoms with Crippen LogP contribution in [0.15, 0.2) is 59.5 Å². The van der Waals surface area contributed by atoms with Crippen molar-refractivity contribution in [1.29, 1.82) is 0 Å². The maximum Gasteiger partial charge on any atom is 0.263 e. The number of hydrogen-bond donors (Lipinski definition) is 0. The average molecular weight is 386 g/mol. The summed E-state index contributed by atoms with van der Waals surface area (Å²) in [6, 6.07) is 17.7. The zero-order valence-corrected chi connectivity index (χ0v) is 16.8. The van der Waals surface area contributed by atoms with Crippen LogP contribution in [-0.4, -0.2) is 42.9 Å². The van der Waals surface area contributed by atoms with Gasteiger partial charge in [-0.2, -0.15) is 0 Å². The van der Waals surface area contributed by atoms with Crippen molar-refractivity contribution in [2.24, 2.45) is 5.92 Å². The van der Waals surface area contributed by atoms with E-state index in [4.69, 9.17) is 9.47 Å². The molecule has 2 aromatic carbocycles. The Hall–Kier alpha value is -2.14. The van der Waals surface area contributed by atoms with Crippen molar-refractivity contribution < 1.29 is 14.3 Å². The second-order valence-electron chi connectivity index (χ2n) is 6.83. The van der Waals surface area contributed by atoms with Crippen molar-refractivity contribution >= 4 is 17.7 Å². The Balaban J connectivity index is 1.41. The largest absolute Gasteiger partial charge is 0.497 e. The lowest BCUT2D eigenvalue weighted by Gasteiger charge is -2.33. The van der Waals surface area contributed by atoms with E-state index < -0.39 is 6.10 Å². The van der Waals surface area contributed by atoms with Crippen molar-refractivity contribution in [1.82, 2.24) is 4.90 Å². The van der Waals surface area contributed by atoms with Crippen LogP contribution in [0, 0.1) is 5.92 Å². The van der Waals surface area contributed by atoms with E-state index in [-0.39, 0.29) is 5.91 Å². The molecule has 1 saturated heterocycles. The molecule has 0 bridgehead atoms. The molecule has 1 heterocycles. The van der Waals surface area contributed by atoms with Crippen LogP contribution in [-0.2, 0) is 4.79 Å². The van der Waals surface area contributed by atoms with Crippen molar-refractivity contribution in [3.63, 3.8) is 0 Å². The molecule has 0 spiro atoms. The van der Waals surface area contributed by atoms with Gasteiger partial charge in [-0.05, 0) is 62.1 Å². The number of methoxy groups -OCH3 is 1. The fourth-order valence-corrected chi connectivity index (χ4v) is 4.31. The van der Waals surface area contributed by atoms with E-state index in [9.17, 15) is 4.79 Å². The van der Waals surface area contributed by atoms with Gasteiger partial charge in [-0.3, -0.25) is 4.79 Å². The van der Waals surface area contributed by atoms with Crippen molar-refractivity contribution in [3.8, 4) is 11.5 Å². The van der Waals surface area contributed by atoms with Gasteiger partial charge in [0.15, 0.2) is 6.10 Å². The second kappa shape index (κ2) is 9.70. The molecule has 1 aliphatic rings. The fraction of sp³-hybridized carbons (Fsp3) is 0.409. The molecule has 4 nitrogen and oxygen atoms in total. The molecule has 1 fully saturated rings. The second-order valence-corrected chi connectivity index (χ2v) is 7.92. The van der Waals surface area contributed by atoms with Crippen LogP contribution < -0.4 is 9.47 Å². The lowest BCUT2D eigenvalue weighted by atomic mass is 9.98. The lowest BCUT2D eigenvalue weighted by molar-refractivity contribution is -0.139. The molecule has 27 heavy (non-hydrogen) atoms. The van der Waals surface area contributed by atoms with Crippen LogP contribution in [0.5, 0.6) is 11.5 Å². The summed E-state index contributed by atoms with van der Waals surface area (Å²) < 4.78 is 11.0. The number of piperidine rings is 1. The number of amides is 1. The number of benzene rings is 2. The standard InChI is InChI=1S/C22H27NO3S/c1-17(26-20-6-4-3-5-7-20)22(24)23-14-12-18(13-15-23)16-27-21-10-8-19(25-2)9-11-21/h3-11,17-18H,12-16H2,1-2H3/t17-/m0/s1. The zero-order valence-electron chi connectivity index (χ0n) is 16.0. The van der Waals surface area contributed by atoms with Gasteiger partial charge in [0.25, 0.3) is 5.91 Å². The van der Waals surface area contributed by atoms with Crippen LogP contribution in [0.2, 0.25) is 0 Å². The number of carbonyl (C=O) groups excluding carboxylic acids is 1. The molecule has 5 heteroatoms. The number of hydrogen-bond acceptors (Lipinski definition) is 4. The Morgan fingerprint density at radius 3 is 2.37 bits per heavy atom. The third kappa shape index (κ3) is 5.67. The van der Waals surface area contributed by atoms with Crippen LogP contribution in [0.3, 0.4) is 0 Å². The summed E-state index contributed by atoms with van der Waals surface area (Å²) in [7, 11) is 1.68. The summed E-state index contributed by atoms with van der Waals surface area (Å²) in [5.74, 6) is 3.44. The van der Waals surface area contributed by atoms with Gasteiger partial charge < -0.3 is 14.4 Å². The minimum Gasteiger partial charge on any atom is -0.497 e. The van der Waals surface area contributed by atoms with Gasteiger partial charge in [-0.1, -0.05) is 18.2 Å². The van der Waals surface area contributed by atoms with E-state index in [0.717, 1.165) is 43.2 Å². The molecular weight excluding hydrogens is 358 g/mol. The summed E-state index contributed by atoms with van der Waals surface area (Å²) in [6.45, 7) is 3.46. The highest BCUT2D eigenvalue weighted by atomic mass is 32.2. The molecular formula is C22H27NO3S. The number of likely N-dealkylation sites (tertiary alicyclic amines) is 1. The predicted octanol–water partition coefficient (Wildman–Crippen LogP) is 4.49. The molecule has 0 aromatic heterocycles. The number of nitrogens with zero attached hydrogens (tertiary/aromatic N) is 1. The lowest BCUT2D eigenvalue weighted by Crippen LogP contribution is -2.45. The number of para-hydroxylation sites is 1. The molecule has 0 radical (unpaired) electrons. The van der Waals surface area contributed by atoms with Gasteiger partial charge >= 0.3 is 0 Å². The minimum atomic E-state index is -0.447. The summed E-state index contributed by atoms with van der Waals surface area (Å²) >= 11 is 1.88. The summed E-state index contributed by atoms with van der Waals surface area (Å²) in [6.07, 6.45) is 1.65. The molecule has 1 aliphatic heterocycles. The molecule has 1 atom stereocenters. The molecule has 1 amide bonds. The topological polar surface area (TPSA) is 38.8 Å². The van der Waals surface area contributed by atoms with Crippen LogP contribution in [0.4, 0.5) is 0 Å². The molecule has 0 aliphatic carbocycles. The van der Waals surface area contributed by atoms with Gasteiger partial charge in [-0.25, -0.2) is 0 Å². The summed E-state index contributed by atoms with van der Waals surface area (Å²) in [5, 5.41) is 0. The van der Waals surface area contributed by atoms with E-state index in [2.05, 4.69) is 12.1 Å². The third-order valence-electron chi connectivity index (χ3n) is 4.88. The highest BCUT2D eigenvalue weighted by Gasteiger charge is 2.27. The first-order chi connectivity index (χ1) is 13.2. The SMILES string of the molecule is COc1ccc(SCC2CCN(C(=O)[C@H](C)Oc3ccccc3)CC2)cc1. The molecule has 3 rings (SSSR count). The number of ether oxygens (including phenoxy) is 2. The van der Waals surface area contributed by atoms with Crippen molar-refractivity contribution in [3.05, 3.63) is 54.6 Å². The van der Waals surface area contributed by atoms with Crippen LogP contribution in [0.1, 0.15) is 19.8 Å². The van der Waals surface area contributed by atoms with Crippen molar-refractivity contribution in [2.45, 2.75) is 30.8 Å². The molecule has 0 unspecified atom stereocenters. The predicted molar refractivity (Wildman–Crippen MR) is 110 cm³/mol. The van der Waals surface area contributed by atoms with Crippen LogP contribution in [0.25, 0.3) is 0 Å². The highest BCUT2D eigenvalue weighted by Crippen LogP contribution is 2.28. The number of rotatable bonds is 7. The zero-order chi connectivity index (χ0) is 19.1. The van der Waals surface area contributed by atoms with E-state index >= 15 is 0 Å². The number of carbonyl (C=O) groups is 1. The van der Waals surface area contributed by atoms with Gasteiger partial charge in [0.05, 0.1) is 7.11 Å². The minimum absolute atomic E-state index is 0.0834. The van der Waals surface area contributed by atoms with E-state index in [0.29, 0.717) is 5.92 Å². The smallest absolute Gasteiger partial charge is 0.263 e. The van der Waals surface area contributed by atoms with E-state index in [1.165, 1.54) is 4.90 Å². The normalized spacial score (nSPS) is 16.0. The first-order valence-corrected chi connectivity index (χ1v) is 10.4. The maximum atomic E-state index is 12.6. The third-order valence-corrected chi connectivity index (χ3v) is 6.12. The Kier molecular flexibility index (Phi) is 7.04. The highest BCUT2D eigenvalue weighted by molar-refractivity contribution is 7.99. The Morgan fingerprint density at radius 2 is 1.74 bits per heavy atom. The maximum absolute atomic E-state index is 12.6. The summed E-state index contributed by atoms with van der Waals surface area (Å²) in [5.41, 5.74) is 0. The first-order valence-electron chi connectivity index (χ1n) is 9.43. The van der Waals surface area contributed by atoms with Gasteiger partial charge in [-0.15, -0.1) is 11.8 Å². The Bertz CT molecular complexity index is 712. The molecule has 2 aromatic rings.